The first-order chi connectivity index (χ1) is 9.28. The molecule has 1 aromatic heterocycles. The quantitative estimate of drug-likeness (QED) is 0.791. The highest BCUT2D eigenvalue weighted by Crippen LogP contribution is 2.13. The number of hydrogen-bond acceptors (Lipinski definition) is 4. The summed E-state index contributed by atoms with van der Waals surface area (Å²) < 4.78 is 16.2. The first-order valence-corrected chi connectivity index (χ1v) is 6.81. The number of nitrogens with zero attached hydrogens (tertiary/aromatic N) is 1. The molecule has 1 fully saturated rings. The van der Waals surface area contributed by atoms with Crippen LogP contribution in [0, 0.1) is 0 Å². The molecule has 1 unspecified atom stereocenters. The third-order valence-corrected chi connectivity index (χ3v) is 3.27. The highest BCUT2D eigenvalue weighted by Gasteiger charge is 2.20. The van der Waals surface area contributed by atoms with Gasteiger partial charge >= 0.3 is 0 Å². The minimum Gasteiger partial charge on any atom is -0.465 e. The molecule has 106 valence electrons. The Balaban J connectivity index is 1.81. The van der Waals surface area contributed by atoms with Gasteiger partial charge in [0.25, 0.3) is 0 Å². The SMILES string of the molecule is COCCC1CN(C/C(C)=C/c2ccco2)CCO1. The van der Waals surface area contributed by atoms with Crippen molar-refractivity contribution in [3.63, 3.8) is 0 Å². The van der Waals surface area contributed by atoms with Crippen molar-refractivity contribution in [3.05, 3.63) is 29.7 Å². The van der Waals surface area contributed by atoms with E-state index in [1.807, 2.05) is 12.1 Å². The van der Waals surface area contributed by atoms with Crippen molar-refractivity contribution in [1.82, 2.24) is 4.90 Å². The number of morpholine rings is 1. The summed E-state index contributed by atoms with van der Waals surface area (Å²) in [5.74, 6) is 0.918. The van der Waals surface area contributed by atoms with Gasteiger partial charge in [-0.1, -0.05) is 5.57 Å². The van der Waals surface area contributed by atoms with Crippen LogP contribution in [0.2, 0.25) is 0 Å². The summed E-state index contributed by atoms with van der Waals surface area (Å²) in [5, 5.41) is 0. The van der Waals surface area contributed by atoms with Gasteiger partial charge in [-0.3, -0.25) is 4.90 Å². The first kappa shape index (κ1) is 14.3. The van der Waals surface area contributed by atoms with E-state index in [4.69, 9.17) is 13.9 Å². The van der Waals surface area contributed by atoms with Crippen molar-refractivity contribution < 1.29 is 13.9 Å². The van der Waals surface area contributed by atoms with Crippen LogP contribution in [0.4, 0.5) is 0 Å². The molecule has 0 bridgehead atoms. The zero-order valence-electron chi connectivity index (χ0n) is 11.8. The Labute approximate surface area is 115 Å². The van der Waals surface area contributed by atoms with Gasteiger partial charge in [0.2, 0.25) is 0 Å². The summed E-state index contributed by atoms with van der Waals surface area (Å²) in [6.45, 7) is 6.65. The van der Waals surface area contributed by atoms with E-state index in [1.54, 1.807) is 13.4 Å². The molecule has 0 amide bonds. The number of furan rings is 1. The van der Waals surface area contributed by atoms with Gasteiger partial charge in [0.05, 0.1) is 19.0 Å². The van der Waals surface area contributed by atoms with Gasteiger partial charge in [-0.2, -0.15) is 0 Å². The summed E-state index contributed by atoms with van der Waals surface area (Å²) in [7, 11) is 1.73. The standard InChI is InChI=1S/C15H23NO3/c1-13(10-14-4-3-7-18-14)11-16-6-9-19-15(12-16)5-8-17-2/h3-4,7,10,15H,5-6,8-9,11-12H2,1-2H3/b13-10+. The number of rotatable bonds is 6. The second-order valence-electron chi connectivity index (χ2n) is 5.02. The minimum atomic E-state index is 0.296. The zero-order valence-corrected chi connectivity index (χ0v) is 11.8. The zero-order chi connectivity index (χ0) is 13.5. The summed E-state index contributed by atoms with van der Waals surface area (Å²) in [4.78, 5) is 2.43. The normalized spacial score (nSPS) is 21.8. The molecular formula is C15H23NO3. The van der Waals surface area contributed by atoms with Crippen LogP contribution < -0.4 is 0 Å². The molecule has 0 spiro atoms. The van der Waals surface area contributed by atoms with Crippen LogP contribution >= 0.6 is 0 Å². The van der Waals surface area contributed by atoms with E-state index in [0.29, 0.717) is 6.10 Å². The molecule has 1 saturated heterocycles. The topological polar surface area (TPSA) is 34.8 Å². The monoisotopic (exact) mass is 265 g/mol. The van der Waals surface area contributed by atoms with Crippen molar-refractivity contribution in [2.45, 2.75) is 19.4 Å². The van der Waals surface area contributed by atoms with E-state index >= 15 is 0 Å². The molecule has 0 radical (unpaired) electrons. The molecular weight excluding hydrogens is 242 g/mol. The summed E-state index contributed by atoms with van der Waals surface area (Å²) >= 11 is 0. The molecule has 1 aliphatic heterocycles. The lowest BCUT2D eigenvalue weighted by Gasteiger charge is -2.33. The van der Waals surface area contributed by atoms with Crippen molar-refractivity contribution in [1.29, 1.82) is 0 Å². The van der Waals surface area contributed by atoms with E-state index in [0.717, 1.165) is 45.0 Å². The highest BCUT2D eigenvalue weighted by molar-refractivity contribution is 5.46. The highest BCUT2D eigenvalue weighted by atomic mass is 16.5. The van der Waals surface area contributed by atoms with Gasteiger partial charge in [-0.05, 0) is 31.6 Å². The van der Waals surface area contributed by atoms with E-state index < -0.39 is 0 Å². The predicted octanol–water partition coefficient (Wildman–Crippen LogP) is 2.42. The predicted molar refractivity (Wildman–Crippen MR) is 75.0 cm³/mol. The summed E-state index contributed by atoms with van der Waals surface area (Å²) in [5.41, 5.74) is 1.31. The Kier molecular flexibility index (Phi) is 5.63. The second kappa shape index (κ2) is 7.48. The second-order valence-corrected chi connectivity index (χ2v) is 5.02. The third-order valence-electron chi connectivity index (χ3n) is 3.27. The van der Waals surface area contributed by atoms with Gasteiger partial charge in [0, 0.05) is 33.4 Å². The Morgan fingerprint density at radius 2 is 2.47 bits per heavy atom. The average molecular weight is 265 g/mol. The fourth-order valence-corrected chi connectivity index (χ4v) is 2.36. The number of methoxy groups -OCH3 is 1. The maximum absolute atomic E-state index is 5.74. The van der Waals surface area contributed by atoms with E-state index in [2.05, 4.69) is 17.9 Å². The van der Waals surface area contributed by atoms with Crippen LogP contribution in [-0.2, 0) is 9.47 Å². The fraction of sp³-hybridized carbons (Fsp3) is 0.600. The number of hydrogen-bond donors (Lipinski definition) is 0. The van der Waals surface area contributed by atoms with Crippen LogP contribution in [0.5, 0.6) is 0 Å². The van der Waals surface area contributed by atoms with Crippen LogP contribution in [-0.4, -0.2) is 51.0 Å². The molecule has 4 heteroatoms. The average Bonchev–Trinajstić information content (AvgIpc) is 2.89. The van der Waals surface area contributed by atoms with Crippen molar-refractivity contribution in [2.75, 3.05) is 40.0 Å². The van der Waals surface area contributed by atoms with Gasteiger partial charge in [-0.15, -0.1) is 0 Å². The molecule has 1 aliphatic rings. The third kappa shape index (κ3) is 4.82. The molecule has 1 aromatic rings. The largest absolute Gasteiger partial charge is 0.465 e. The van der Waals surface area contributed by atoms with Crippen LogP contribution in [0.15, 0.2) is 28.4 Å². The Morgan fingerprint density at radius 3 is 3.21 bits per heavy atom. The maximum atomic E-state index is 5.74. The molecule has 4 nitrogen and oxygen atoms in total. The van der Waals surface area contributed by atoms with Crippen LogP contribution in [0.1, 0.15) is 19.1 Å². The lowest BCUT2D eigenvalue weighted by molar-refractivity contribution is -0.0378. The molecule has 2 rings (SSSR count). The van der Waals surface area contributed by atoms with E-state index in [1.165, 1.54) is 5.57 Å². The van der Waals surface area contributed by atoms with Crippen molar-refractivity contribution in [2.24, 2.45) is 0 Å². The number of ether oxygens (including phenoxy) is 2. The first-order valence-electron chi connectivity index (χ1n) is 6.81. The van der Waals surface area contributed by atoms with Gasteiger partial charge in [-0.25, -0.2) is 0 Å². The van der Waals surface area contributed by atoms with E-state index in [9.17, 15) is 0 Å². The summed E-state index contributed by atoms with van der Waals surface area (Å²) in [6.07, 6.45) is 5.06. The lowest BCUT2D eigenvalue weighted by atomic mass is 10.2. The molecule has 19 heavy (non-hydrogen) atoms. The molecule has 2 heterocycles. The van der Waals surface area contributed by atoms with Crippen LogP contribution in [0.25, 0.3) is 6.08 Å². The smallest absolute Gasteiger partial charge is 0.126 e. The summed E-state index contributed by atoms with van der Waals surface area (Å²) in [6, 6.07) is 3.89. The molecule has 0 N–H and O–H groups in total. The Hall–Kier alpha value is -1.10. The Bertz CT molecular complexity index is 386. The molecule has 0 aliphatic carbocycles. The van der Waals surface area contributed by atoms with Gasteiger partial charge in [0.15, 0.2) is 0 Å². The molecule has 0 aromatic carbocycles. The lowest BCUT2D eigenvalue weighted by Crippen LogP contribution is -2.43. The fourth-order valence-electron chi connectivity index (χ4n) is 2.36. The Morgan fingerprint density at radius 1 is 1.58 bits per heavy atom. The van der Waals surface area contributed by atoms with E-state index in [-0.39, 0.29) is 0 Å². The van der Waals surface area contributed by atoms with Gasteiger partial charge in [0.1, 0.15) is 5.76 Å². The maximum Gasteiger partial charge on any atom is 0.126 e. The van der Waals surface area contributed by atoms with Gasteiger partial charge < -0.3 is 13.9 Å². The molecule has 0 saturated carbocycles. The minimum absolute atomic E-state index is 0.296. The van der Waals surface area contributed by atoms with Crippen molar-refractivity contribution >= 4 is 6.08 Å². The molecule has 1 atom stereocenters. The van der Waals surface area contributed by atoms with Crippen LogP contribution in [0.3, 0.4) is 0 Å². The van der Waals surface area contributed by atoms with Crippen molar-refractivity contribution in [3.8, 4) is 0 Å².